The lowest BCUT2D eigenvalue weighted by Crippen LogP contribution is -2.48. The van der Waals surface area contributed by atoms with Crippen LogP contribution in [0.5, 0.6) is 0 Å². The van der Waals surface area contributed by atoms with E-state index in [0.717, 1.165) is 28.5 Å². The number of ether oxygens (including phenoxy) is 1. The van der Waals surface area contributed by atoms with Crippen LogP contribution in [-0.4, -0.2) is 35.1 Å². The minimum Gasteiger partial charge on any atom is -0.380 e. The number of hydrogen-bond donors (Lipinski definition) is 1. The smallest absolute Gasteiger partial charge is 0.261 e. The number of aromatic nitrogens is 2. The summed E-state index contributed by atoms with van der Waals surface area (Å²) in [6.45, 7) is 4.21. The summed E-state index contributed by atoms with van der Waals surface area (Å²) in [5.41, 5.74) is 1.10. The SMILES string of the molecule is CC1(CNC(=O)c2cc3c(nc4sccn43)s2)COC1. The van der Waals surface area contributed by atoms with E-state index in [-0.39, 0.29) is 11.3 Å². The van der Waals surface area contributed by atoms with Crippen molar-refractivity contribution in [3.63, 3.8) is 0 Å². The lowest BCUT2D eigenvalue weighted by molar-refractivity contribution is -0.0978. The van der Waals surface area contributed by atoms with Gasteiger partial charge in [-0.3, -0.25) is 9.20 Å². The molecule has 1 fully saturated rings. The zero-order valence-corrected chi connectivity index (χ0v) is 12.5. The van der Waals surface area contributed by atoms with Gasteiger partial charge in [-0.2, -0.15) is 0 Å². The maximum absolute atomic E-state index is 12.2. The van der Waals surface area contributed by atoms with Crippen LogP contribution in [0.15, 0.2) is 17.6 Å². The van der Waals surface area contributed by atoms with Crippen molar-refractivity contribution < 1.29 is 9.53 Å². The zero-order chi connectivity index (χ0) is 13.7. The summed E-state index contributed by atoms with van der Waals surface area (Å²) in [5, 5.41) is 4.99. The monoisotopic (exact) mass is 307 g/mol. The maximum Gasteiger partial charge on any atom is 0.261 e. The first kappa shape index (κ1) is 12.3. The van der Waals surface area contributed by atoms with Gasteiger partial charge in [0.2, 0.25) is 0 Å². The van der Waals surface area contributed by atoms with Crippen molar-refractivity contribution in [1.29, 1.82) is 0 Å². The summed E-state index contributed by atoms with van der Waals surface area (Å²) in [5.74, 6) is -0.0231. The number of nitrogens with one attached hydrogen (secondary N) is 1. The molecule has 3 aromatic rings. The number of thiophene rings is 1. The molecule has 1 amide bonds. The molecular weight excluding hydrogens is 294 g/mol. The second kappa shape index (κ2) is 4.28. The molecule has 1 N–H and O–H groups in total. The number of thiazole rings is 1. The Morgan fingerprint density at radius 1 is 1.60 bits per heavy atom. The fraction of sp³-hybridized carbons (Fsp3) is 0.385. The third-order valence-electron chi connectivity index (χ3n) is 3.54. The van der Waals surface area contributed by atoms with Crippen molar-refractivity contribution in [2.75, 3.05) is 19.8 Å². The molecule has 3 aromatic heterocycles. The number of amides is 1. The van der Waals surface area contributed by atoms with Gasteiger partial charge in [0.05, 0.1) is 23.6 Å². The van der Waals surface area contributed by atoms with Crippen LogP contribution in [0.2, 0.25) is 0 Å². The fourth-order valence-electron chi connectivity index (χ4n) is 2.29. The van der Waals surface area contributed by atoms with E-state index in [1.54, 1.807) is 11.3 Å². The normalized spacial score (nSPS) is 17.4. The highest BCUT2D eigenvalue weighted by molar-refractivity contribution is 7.21. The van der Waals surface area contributed by atoms with Crippen molar-refractivity contribution in [2.24, 2.45) is 5.41 Å². The van der Waals surface area contributed by atoms with E-state index in [4.69, 9.17) is 4.74 Å². The highest BCUT2D eigenvalue weighted by atomic mass is 32.1. The number of hydrogen-bond acceptors (Lipinski definition) is 5. The summed E-state index contributed by atoms with van der Waals surface area (Å²) >= 11 is 3.04. The van der Waals surface area contributed by atoms with Crippen LogP contribution >= 0.6 is 22.7 Å². The van der Waals surface area contributed by atoms with E-state index in [0.29, 0.717) is 11.4 Å². The van der Waals surface area contributed by atoms with E-state index >= 15 is 0 Å². The van der Waals surface area contributed by atoms with Gasteiger partial charge in [-0.25, -0.2) is 4.98 Å². The van der Waals surface area contributed by atoms with Crippen LogP contribution < -0.4 is 5.32 Å². The van der Waals surface area contributed by atoms with Gasteiger partial charge in [0, 0.05) is 23.5 Å². The maximum atomic E-state index is 12.2. The van der Waals surface area contributed by atoms with Crippen molar-refractivity contribution in [3.8, 4) is 0 Å². The highest BCUT2D eigenvalue weighted by Gasteiger charge is 2.33. The first-order valence-electron chi connectivity index (χ1n) is 6.36. The Labute approximate surface area is 123 Å². The standard InChI is InChI=1S/C13H13N3O2S2/c1-13(6-18-7-13)5-14-10(17)9-4-8-11(20-9)15-12-16(8)2-3-19-12/h2-4H,5-7H2,1H3,(H,14,17). The van der Waals surface area contributed by atoms with Gasteiger partial charge in [-0.1, -0.05) is 6.92 Å². The van der Waals surface area contributed by atoms with Crippen molar-refractivity contribution in [2.45, 2.75) is 6.92 Å². The second-order valence-electron chi connectivity index (χ2n) is 5.45. The molecule has 0 aliphatic carbocycles. The second-order valence-corrected chi connectivity index (χ2v) is 7.36. The summed E-state index contributed by atoms with van der Waals surface area (Å²) < 4.78 is 7.21. The number of carbonyl (C=O) groups is 1. The quantitative estimate of drug-likeness (QED) is 0.808. The van der Waals surface area contributed by atoms with Gasteiger partial charge >= 0.3 is 0 Å². The Hall–Kier alpha value is -1.44. The molecule has 4 heterocycles. The molecule has 0 unspecified atom stereocenters. The summed E-state index contributed by atoms with van der Waals surface area (Å²) in [4.78, 5) is 19.3. The van der Waals surface area contributed by atoms with Crippen LogP contribution in [0.3, 0.4) is 0 Å². The first-order chi connectivity index (χ1) is 9.65. The Bertz CT molecular complexity index is 797. The first-order valence-corrected chi connectivity index (χ1v) is 8.05. The molecule has 0 saturated carbocycles. The number of imidazole rings is 1. The zero-order valence-electron chi connectivity index (χ0n) is 10.9. The average Bonchev–Trinajstić information content (AvgIpc) is 3.04. The molecule has 0 bridgehead atoms. The van der Waals surface area contributed by atoms with Crippen molar-refractivity contribution in [3.05, 3.63) is 22.5 Å². The van der Waals surface area contributed by atoms with Gasteiger partial charge in [0.15, 0.2) is 4.96 Å². The molecule has 1 aliphatic rings. The lowest BCUT2D eigenvalue weighted by atomic mass is 9.89. The fourth-order valence-corrected chi connectivity index (χ4v) is 4.01. The van der Waals surface area contributed by atoms with E-state index < -0.39 is 0 Å². The van der Waals surface area contributed by atoms with E-state index in [1.807, 2.05) is 22.0 Å². The van der Waals surface area contributed by atoms with Crippen molar-refractivity contribution in [1.82, 2.24) is 14.7 Å². The molecule has 1 aliphatic heterocycles. The van der Waals surface area contributed by atoms with Gasteiger partial charge < -0.3 is 10.1 Å². The van der Waals surface area contributed by atoms with Gasteiger partial charge in [0.1, 0.15) is 4.83 Å². The summed E-state index contributed by atoms with van der Waals surface area (Å²) in [6.07, 6.45) is 1.98. The Morgan fingerprint density at radius 2 is 2.45 bits per heavy atom. The minimum atomic E-state index is -0.0231. The number of rotatable bonds is 3. The molecular formula is C13H13N3O2S2. The third kappa shape index (κ3) is 1.85. The molecule has 0 atom stereocenters. The summed E-state index contributed by atoms with van der Waals surface area (Å²) in [6, 6.07) is 1.92. The highest BCUT2D eigenvalue weighted by Crippen LogP contribution is 2.29. The Kier molecular flexibility index (Phi) is 2.63. The lowest BCUT2D eigenvalue weighted by Gasteiger charge is -2.37. The van der Waals surface area contributed by atoms with Gasteiger partial charge in [-0.05, 0) is 6.07 Å². The molecule has 7 heteroatoms. The van der Waals surface area contributed by atoms with Crippen LogP contribution in [0.4, 0.5) is 0 Å². The third-order valence-corrected chi connectivity index (χ3v) is 5.31. The van der Waals surface area contributed by atoms with Crippen LogP contribution in [-0.2, 0) is 4.74 Å². The molecule has 0 radical (unpaired) electrons. The van der Waals surface area contributed by atoms with E-state index in [2.05, 4.69) is 17.2 Å². The van der Waals surface area contributed by atoms with Gasteiger partial charge in [-0.15, -0.1) is 22.7 Å². The van der Waals surface area contributed by atoms with Crippen molar-refractivity contribution >= 4 is 43.9 Å². The van der Waals surface area contributed by atoms with Crippen LogP contribution in [0.1, 0.15) is 16.6 Å². The number of nitrogens with zero attached hydrogens (tertiary/aromatic N) is 2. The predicted molar refractivity (Wildman–Crippen MR) is 79.7 cm³/mol. The minimum absolute atomic E-state index is 0.0231. The molecule has 20 heavy (non-hydrogen) atoms. The molecule has 0 spiro atoms. The van der Waals surface area contributed by atoms with E-state index in [1.165, 1.54) is 11.3 Å². The molecule has 5 nitrogen and oxygen atoms in total. The number of fused-ring (bicyclic) bond motifs is 3. The van der Waals surface area contributed by atoms with Gasteiger partial charge in [0.25, 0.3) is 5.91 Å². The number of carbonyl (C=O) groups excluding carboxylic acids is 1. The molecule has 4 rings (SSSR count). The van der Waals surface area contributed by atoms with Crippen LogP contribution in [0, 0.1) is 5.41 Å². The molecule has 0 aromatic carbocycles. The Balaban J connectivity index is 1.57. The molecule has 1 saturated heterocycles. The average molecular weight is 307 g/mol. The summed E-state index contributed by atoms with van der Waals surface area (Å²) in [7, 11) is 0. The predicted octanol–water partition coefficient (Wildman–Crippen LogP) is 2.38. The topological polar surface area (TPSA) is 55.6 Å². The van der Waals surface area contributed by atoms with E-state index in [9.17, 15) is 4.79 Å². The Morgan fingerprint density at radius 3 is 3.20 bits per heavy atom. The molecule has 104 valence electrons. The van der Waals surface area contributed by atoms with Crippen LogP contribution in [0.25, 0.3) is 15.3 Å². The largest absolute Gasteiger partial charge is 0.380 e.